The van der Waals surface area contributed by atoms with Crippen molar-refractivity contribution in [3.63, 3.8) is 0 Å². The average molecular weight is 202 g/mol. The van der Waals surface area contributed by atoms with Gasteiger partial charge in [-0.2, -0.15) is 0 Å². The summed E-state index contributed by atoms with van der Waals surface area (Å²) in [5.41, 5.74) is 2.00. The van der Waals surface area contributed by atoms with Crippen LogP contribution in [-0.2, 0) is 13.0 Å². The number of nitrogens with one attached hydrogen (secondary N) is 1. The second kappa shape index (κ2) is 4.07. The molecule has 0 fully saturated rings. The molecule has 2 rings (SSSR count). The Morgan fingerprint density at radius 1 is 1.46 bits per heavy atom. The Bertz CT molecular complexity index is 301. The minimum atomic E-state index is -0.0548. The fourth-order valence-corrected chi connectivity index (χ4v) is 1.66. The fraction of sp³-hybridized carbons (Fsp3) is 0.400. The lowest BCUT2D eigenvalue weighted by Crippen LogP contribution is -2.33. The summed E-state index contributed by atoms with van der Waals surface area (Å²) in [7, 11) is 0. The molecule has 1 aliphatic heterocycles. The summed E-state index contributed by atoms with van der Waals surface area (Å²) in [6.07, 6.45) is 0.808. The van der Waals surface area contributed by atoms with Crippen molar-refractivity contribution in [2.75, 3.05) is 0 Å². The normalized spacial score (nSPS) is 20.3. The molecule has 1 aromatic rings. The van der Waals surface area contributed by atoms with Gasteiger partial charge in [0.1, 0.15) is 5.82 Å². The third kappa shape index (κ3) is 2.01. The molecule has 0 aliphatic carbocycles. The van der Waals surface area contributed by atoms with Crippen LogP contribution in [0.5, 0.6) is 0 Å². The van der Waals surface area contributed by atoms with Crippen molar-refractivity contribution in [3.05, 3.63) is 35.1 Å². The van der Waals surface area contributed by atoms with Crippen LogP contribution in [0.25, 0.3) is 0 Å². The predicted molar refractivity (Wildman–Crippen MR) is 53.7 cm³/mol. The Balaban J connectivity index is 0.000000845. The maximum Gasteiger partial charge on any atom is 0.126 e. The van der Waals surface area contributed by atoms with E-state index in [-0.39, 0.29) is 18.2 Å². The van der Waals surface area contributed by atoms with Crippen LogP contribution in [-0.4, -0.2) is 6.04 Å². The molecule has 1 unspecified atom stereocenters. The van der Waals surface area contributed by atoms with E-state index in [0.29, 0.717) is 6.04 Å². The van der Waals surface area contributed by atoms with Gasteiger partial charge in [-0.1, -0.05) is 12.1 Å². The number of rotatable bonds is 0. The highest BCUT2D eigenvalue weighted by atomic mass is 35.5. The Morgan fingerprint density at radius 2 is 2.23 bits per heavy atom. The molecule has 1 N–H and O–H groups in total. The lowest BCUT2D eigenvalue weighted by atomic mass is 9.96. The first-order valence-corrected chi connectivity index (χ1v) is 4.27. The van der Waals surface area contributed by atoms with Crippen LogP contribution < -0.4 is 5.32 Å². The SMILES string of the molecule is CC1Cc2c(F)cccc2CN1.Cl. The lowest BCUT2D eigenvalue weighted by molar-refractivity contribution is 0.490. The maximum absolute atomic E-state index is 13.2. The van der Waals surface area contributed by atoms with Gasteiger partial charge in [-0.15, -0.1) is 12.4 Å². The molecule has 0 saturated carbocycles. The maximum atomic E-state index is 13.2. The highest BCUT2D eigenvalue weighted by Gasteiger charge is 2.16. The summed E-state index contributed by atoms with van der Waals surface area (Å²) in [6.45, 7) is 2.88. The van der Waals surface area contributed by atoms with Gasteiger partial charge in [0, 0.05) is 12.6 Å². The van der Waals surface area contributed by atoms with E-state index < -0.39 is 0 Å². The summed E-state index contributed by atoms with van der Waals surface area (Å²) in [5.74, 6) is -0.0548. The van der Waals surface area contributed by atoms with E-state index in [2.05, 4.69) is 12.2 Å². The van der Waals surface area contributed by atoms with Gasteiger partial charge in [0.05, 0.1) is 0 Å². The minimum Gasteiger partial charge on any atom is -0.310 e. The Morgan fingerprint density at radius 3 is 3.00 bits per heavy atom. The molecule has 0 bridgehead atoms. The van der Waals surface area contributed by atoms with E-state index in [1.165, 1.54) is 6.07 Å². The smallest absolute Gasteiger partial charge is 0.126 e. The summed E-state index contributed by atoms with van der Waals surface area (Å²) < 4.78 is 13.2. The third-order valence-corrected chi connectivity index (χ3v) is 2.37. The lowest BCUT2D eigenvalue weighted by Gasteiger charge is -2.23. The van der Waals surface area contributed by atoms with Gasteiger partial charge < -0.3 is 5.32 Å². The molecule has 13 heavy (non-hydrogen) atoms. The van der Waals surface area contributed by atoms with Crippen LogP contribution in [0.15, 0.2) is 18.2 Å². The van der Waals surface area contributed by atoms with E-state index >= 15 is 0 Å². The third-order valence-electron chi connectivity index (χ3n) is 2.37. The second-order valence-electron chi connectivity index (χ2n) is 3.36. The van der Waals surface area contributed by atoms with Crippen molar-refractivity contribution in [1.82, 2.24) is 5.32 Å². The standard InChI is InChI=1S/C10H12FN.ClH/c1-7-5-9-8(6-12-7)3-2-4-10(9)11;/h2-4,7,12H,5-6H2,1H3;1H. The Kier molecular flexibility index (Phi) is 3.28. The molecule has 0 radical (unpaired) electrons. The van der Waals surface area contributed by atoms with Crippen LogP contribution in [0.1, 0.15) is 18.1 Å². The minimum absolute atomic E-state index is 0. The molecule has 1 aliphatic rings. The molecule has 0 amide bonds. The highest BCUT2D eigenvalue weighted by Crippen LogP contribution is 2.19. The Hall–Kier alpha value is -0.600. The van der Waals surface area contributed by atoms with Gasteiger partial charge in [-0.25, -0.2) is 4.39 Å². The molecule has 0 spiro atoms. The molecular weight excluding hydrogens is 189 g/mol. The van der Waals surface area contributed by atoms with E-state index in [9.17, 15) is 4.39 Å². The number of fused-ring (bicyclic) bond motifs is 1. The molecule has 1 heterocycles. The van der Waals surface area contributed by atoms with E-state index in [0.717, 1.165) is 24.1 Å². The van der Waals surface area contributed by atoms with Gasteiger partial charge in [-0.05, 0) is 30.5 Å². The van der Waals surface area contributed by atoms with Crippen molar-refractivity contribution in [1.29, 1.82) is 0 Å². The zero-order valence-electron chi connectivity index (χ0n) is 7.51. The molecule has 1 nitrogen and oxygen atoms in total. The van der Waals surface area contributed by atoms with Gasteiger partial charge >= 0.3 is 0 Å². The first-order chi connectivity index (χ1) is 5.77. The van der Waals surface area contributed by atoms with E-state index in [4.69, 9.17) is 0 Å². The number of hydrogen-bond donors (Lipinski definition) is 1. The second-order valence-corrected chi connectivity index (χ2v) is 3.36. The highest BCUT2D eigenvalue weighted by molar-refractivity contribution is 5.85. The molecule has 0 saturated heterocycles. The molecule has 0 aromatic heterocycles. The predicted octanol–water partition coefficient (Wildman–Crippen LogP) is 2.28. The van der Waals surface area contributed by atoms with Crippen molar-refractivity contribution < 1.29 is 4.39 Å². The largest absolute Gasteiger partial charge is 0.310 e. The van der Waals surface area contributed by atoms with Gasteiger partial charge in [0.25, 0.3) is 0 Å². The van der Waals surface area contributed by atoms with Crippen LogP contribution in [0, 0.1) is 5.82 Å². The number of halogens is 2. The van der Waals surface area contributed by atoms with Crippen molar-refractivity contribution in [2.45, 2.75) is 25.9 Å². The monoisotopic (exact) mass is 201 g/mol. The van der Waals surface area contributed by atoms with Crippen molar-refractivity contribution in [3.8, 4) is 0 Å². The van der Waals surface area contributed by atoms with Crippen LogP contribution in [0.2, 0.25) is 0 Å². The van der Waals surface area contributed by atoms with Crippen molar-refractivity contribution in [2.24, 2.45) is 0 Å². The summed E-state index contributed by atoms with van der Waals surface area (Å²) >= 11 is 0. The molecular formula is C10H13ClFN. The topological polar surface area (TPSA) is 12.0 Å². The zero-order valence-corrected chi connectivity index (χ0v) is 8.33. The van der Waals surface area contributed by atoms with Crippen LogP contribution in [0.3, 0.4) is 0 Å². The summed E-state index contributed by atoms with van der Waals surface area (Å²) in [4.78, 5) is 0. The van der Waals surface area contributed by atoms with E-state index in [1.54, 1.807) is 6.07 Å². The van der Waals surface area contributed by atoms with Crippen molar-refractivity contribution >= 4 is 12.4 Å². The van der Waals surface area contributed by atoms with E-state index in [1.807, 2.05) is 6.07 Å². The molecule has 1 aromatic carbocycles. The quantitative estimate of drug-likeness (QED) is 0.679. The molecule has 3 heteroatoms. The first kappa shape index (κ1) is 10.5. The zero-order chi connectivity index (χ0) is 8.55. The fourth-order valence-electron chi connectivity index (χ4n) is 1.66. The summed E-state index contributed by atoms with van der Waals surface area (Å²) in [5, 5.41) is 3.30. The van der Waals surface area contributed by atoms with Gasteiger partial charge in [0.15, 0.2) is 0 Å². The van der Waals surface area contributed by atoms with Crippen LogP contribution in [0.4, 0.5) is 4.39 Å². The molecule has 72 valence electrons. The van der Waals surface area contributed by atoms with Crippen LogP contribution >= 0.6 is 12.4 Å². The van der Waals surface area contributed by atoms with Gasteiger partial charge in [-0.3, -0.25) is 0 Å². The number of benzene rings is 1. The average Bonchev–Trinajstić information content (AvgIpc) is 2.07. The summed E-state index contributed by atoms with van der Waals surface area (Å²) in [6, 6.07) is 5.69. The molecule has 1 atom stereocenters. The first-order valence-electron chi connectivity index (χ1n) is 4.27. The Labute approximate surface area is 83.8 Å². The number of hydrogen-bond acceptors (Lipinski definition) is 1. The van der Waals surface area contributed by atoms with Gasteiger partial charge in [0.2, 0.25) is 0 Å².